The number of β-lactam (4-membered cyclic amide) rings is 2. The van der Waals surface area contributed by atoms with Gasteiger partial charge in [0, 0.05) is 62.7 Å². The van der Waals surface area contributed by atoms with Gasteiger partial charge in [0.1, 0.15) is 65.4 Å². The summed E-state index contributed by atoms with van der Waals surface area (Å²) >= 11 is 5.61. The molecule has 2 fully saturated rings. The van der Waals surface area contributed by atoms with E-state index in [-0.39, 0.29) is 49.1 Å². The third-order valence-corrected chi connectivity index (χ3v) is 18.6. The number of methoxy groups -OCH3 is 1. The lowest BCUT2D eigenvalue weighted by molar-refractivity contribution is -0.689. The molecule has 6 amide bonds. The number of nitriles is 1. The minimum Gasteiger partial charge on any atom is -0.543 e. The quantitative estimate of drug-likeness (QED) is 0.0105. The first-order valence-electron chi connectivity index (χ1n) is 29.4. The van der Waals surface area contributed by atoms with Gasteiger partial charge in [-0.25, -0.2) is 13.9 Å². The van der Waals surface area contributed by atoms with E-state index in [1.54, 1.807) is 101 Å². The fourth-order valence-corrected chi connectivity index (χ4v) is 13.9. The van der Waals surface area contributed by atoms with Crippen LogP contribution in [0.15, 0.2) is 146 Å². The van der Waals surface area contributed by atoms with Gasteiger partial charge in [-0.1, -0.05) is 22.4 Å². The molecule has 4 unspecified atom stereocenters. The summed E-state index contributed by atoms with van der Waals surface area (Å²) in [6.45, 7) is 10.8. The number of hydrogen-bond donors (Lipinski definition) is 3. The molecule has 9 rings (SSSR count). The molecule has 8 heterocycles. The van der Waals surface area contributed by atoms with Crippen LogP contribution < -0.4 is 34.9 Å². The number of nitrogens with zero attached hydrogens (tertiary/aromatic N) is 9. The van der Waals surface area contributed by atoms with Crippen molar-refractivity contribution in [2.24, 2.45) is 15.3 Å². The first-order valence-corrected chi connectivity index (χ1v) is 33.3. The molecule has 3 N–H and O–H groups in total. The normalized spacial score (nSPS) is 17.5. The maximum absolute atomic E-state index is 13.9. The molecule has 96 heavy (non-hydrogen) atoms. The molecule has 0 spiro atoms. The van der Waals surface area contributed by atoms with Crippen molar-refractivity contribution < 1.29 is 81.3 Å². The largest absolute Gasteiger partial charge is 0.543 e. The minimum atomic E-state index is -1.45. The molecule has 1 aromatic carbocycles. The van der Waals surface area contributed by atoms with E-state index in [1.807, 2.05) is 69.4 Å². The Hall–Kier alpha value is -10.4. The average Bonchev–Trinajstić information content (AvgIpc) is 0.784. The molecular formula is C65H64N12O15S4. The van der Waals surface area contributed by atoms with Crippen LogP contribution in [0.25, 0.3) is 39.8 Å². The molecule has 31 heteroatoms. The number of thioether (sulfide) groups is 2. The first kappa shape index (κ1) is 71.5. The van der Waals surface area contributed by atoms with E-state index in [2.05, 4.69) is 25.9 Å². The van der Waals surface area contributed by atoms with Crippen LogP contribution in [-0.4, -0.2) is 141 Å². The van der Waals surface area contributed by atoms with Gasteiger partial charge < -0.3 is 54.8 Å². The maximum atomic E-state index is 13.9. The van der Waals surface area contributed by atoms with E-state index >= 15 is 0 Å². The number of oxime groups is 2. The van der Waals surface area contributed by atoms with Crippen LogP contribution in [0.3, 0.4) is 0 Å². The number of rotatable bonds is 25. The smallest absolute Gasteiger partial charge is 0.355 e. The minimum absolute atomic E-state index is 0.0531. The Balaban J connectivity index is 0.000000260. The Morgan fingerprint density at radius 1 is 0.750 bits per heavy atom. The number of aliphatic imine (C=N–C) groups is 1. The molecule has 4 aromatic heterocycles. The lowest BCUT2D eigenvalue weighted by Crippen LogP contribution is -2.71. The summed E-state index contributed by atoms with van der Waals surface area (Å²) < 4.78 is 20.0. The SMILES string of the molecule is CCO/N=C(\CC(=O)OC(C)(C)C)C(=O)NC1C(=O)N2C(C(=O)OCc3ccc(OC)cc3)=C(C[n+]3ccc(-c4csc(/C=C/C(=O)N=C=[N-])c4)cc3)CSC12.CCON=C(C)C(=O)NC1C(=O)N2C(C(=O)[O-])=C(C[n+]3ccc(-c4csc(/C=C\C(=O)NC#N)c4)cc3)CSC12. The number of hydrogen-bond acceptors (Lipinski definition) is 22. The Morgan fingerprint density at radius 2 is 1.27 bits per heavy atom. The van der Waals surface area contributed by atoms with Crippen molar-refractivity contribution in [3.8, 4) is 34.2 Å². The van der Waals surface area contributed by atoms with Crippen LogP contribution in [-0.2, 0) is 82.0 Å². The van der Waals surface area contributed by atoms with Crippen molar-refractivity contribution in [2.75, 3.05) is 31.8 Å². The third kappa shape index (κ3) is 18.5. The zero-order valence-electron chi connectivity index (χ0n) is 52.8. The van der Waals surface area contributed by atoms with Crippen LogP contribution in [0.1, 0.15) is 63.3 Å². The first-order chi connectivity index (χ1) is 46.0. The summed E-state index contributed by atoms with van der Waals surface area (Å²) in [7, 11) is 1.55. The molecule has 0 aliphatic carbocycles. The number of pyridine rings is 2. The second-order valence-electron chi connectivity index (χ2n) is 22.0. The monoisotopic (exact) mass is 1380 g/mol. The second kappa shape index (κ2) is 33.1. The van der Waals surface area contributed by atoms with E-state index in [0.29, 0.717) is 35.0 Å². The molecule has 4 atom stereocenters. The number of carbonyl (C=O) groups is 9. The average molecular weight is 1380 g/mol. The van der Waals surface area contributed by atoms with Crippen molar-refractivity contribution in [3.05, 3.63) is 152 Å². The zero-order valence-corrected chi connectivity index (χ0v) is 56.1. The van der Waals surface area contributed by atoms with Crippen molar-refractivity contribution in [3.63, 3.8) is 0 Å². The fraction of sp³-hybridized carbons (Fsp3) is 0.308. The molecular weight excluding hydrogens is 1320 g/mol. The van der Waals surface area contributed by atoms with Crippen molar-refractivity contribution in [2.45, 2.75) is 96.1 Å². The summed E-state index contributed by atoms with van der Waals surface area (Å²) in [5.74, 6) is -5.02. The van der Waals surface area contributed by atoms with E-state index in [9.17, 15) is 48.3 Å². The lowest BCUT2D eigenvalue weighted by atomic mass is 10.0. The Kier molecular flexibility index (Phi) is 24.7. The molecule has 0 radical (unpaired) electrons. The van der Waals surface area contributed by atoms with Crippen molar-refractivity contribution >= 4 is 129 Å². The summed E-state index contributed by atoms with van der Waals surface area (Å²) in [4.78, 5) is 131. The number of esters is 2. The van der Waals surface area contributed by atoms with Gasteiger partial charge in [-0.2, -0.15) is 5.26 Å². The van der Waals surface area contributed by atoms with Gasteiger partial charge in [-0.05, 0) is 123 Å². The van der Waals surface area contributed by atoms with Crippen LogP contribution in [0.5, 0.6) is 5.75 Å². The topological polar surface area (TPSA) is 356 Å². The summed E-state index contributed by atoms with van der Waals surface area (Å²) in [6.07, 6.45) is 14.2. The molecule has 0 saturated carbocycles. The van der Waals surface area contributed by atoms with Gasteiger partial charge >= 0.3 is 11.9 Å². The Morgan fingerprint density at radius 3 is 1.78 bits per heavy atom. The van der Waals surface area contributed by atoms with Crippen LogP contribution in [0.2, 0.25) is 0 Å². The Labute approximate surface area is 567 Å². The van der Waals surface area contributed by atoms with E-state index in [0.717, 1.165) is 37.6 Å². The van der Waals surface area contributed by atoms with Gasteiger partial charge in [0.25, 0.3) is 29.5 Å². The molecule has 0 bridgehead atoms. The molecule has 2 saturated heterocycles. The number of carboxylic acids is 1. The number of ether oxygens (including phenoxy) is 3. The number of fused-ring (bicyclic) bond motifs is 2. The summed E-state index contributed by atoms with van der Waals surface area (Å²) in [6, 6.07) is 18.0. The number of nitrogens with one attached hydrogen (secondary N) is 3. The van der Waals surface area contributed by atoms with E-state index < -0.39 is 88.2 Å². The molecule has 5 aromatic rings. The van der Waals surface area contributed by atoms with Crippen LogP contribution >= 0.6 is 46.2 Å². The highest BCUT2D eigenvalue weighted by atomic mass is 32.2. The number of amides is 6. The number of aliphatic carboxylic acids is 1. The maximum Gasteiger partial charge on any atom is 0.355 e. The number of thiophene rings is 2. The van der Waals surface area contributed by atoms with E-state index in [4.69, 9.17) is 34.6 Å². The second-order valence-corrected chi connectivity index (χ2v) is 26.1. The molecule has 27 nitrogen and oxygen atoms in total. The number of benzene rings is 1. The molecule has 4 aliphatic heterocycles. The van der Waals surface area contributed by atoms with Crippen molar-refractivity contribution in [1.29, 1.82) is 5.26 Å². The number of carbonyl (C=O) groups excluding carboxylic acids is 9. The van der Waals surface area contributed by atoms with Gasteiger partial charge in [0.05, 0.1) is 25.2 Å². The highest BCUT2D eigenvalue weighted by Gasteiger charge is 2.56. The van der Waals surface area contributed by atoms with Crippen LogP contribution in [0, 0.1) is 11.5 Å². The Bertz CT molecular complexity index is 4100. The predicted molar refractivity (Wildman–Crippen MR) is 354 cm³/mol. The molecule has 4 aliphatic rings. The summed E-state index contributed by atoms with van der Waals surface area (Å²) in [5, 5.41) is 46.6. The molecule has 498 valence electrons. The highest BCUT2D eigenvalue weighted by molar-refractivity contribution is 8.00. The lowest BCUT2D eigenvalue weighted by Gasteiger charge is -2.50. The third-order valence-electron chi connectivity index (χ3n) is 14.1. The van der Waals surface area contributed by atoms with Crippen LogP contribution in [0.4, 0.5) is 0 Å². The number of carboxylic acid groups (broad SMARTS) is 1. The number of aromatic nitrogens is 2. The van der Waals surface area contributed by atoms with Gasteiger partial charge in [0.15, 0.2) is 55.7 Å². The van der Waals surface area contributed by atoms with Crippen molar-refractivity contribution in [1.82, 2.24) is 25.8 Å². The van der Waals surface area contributed by atoms with Gasteiger partial charge in [0.2, 0.25) is 0 Å². The van der Waals surface area contributed by atoms with Gasteiger partial charge in [-0.3, -0.25) is 48.7 Å². The fourth-order valence-electron chi connectivity index (χ4n) is 9.64. The predicted octanol–water partition coefficient (Wildman–Crippen LogP) is 4.65. The van der Waals surface area contributed by atoms with Gasteiger partial charge in [-0.15, -0.1) is 52.2 Å². The van der Waals surface area contributed by atoms with E-state index in [1.165, 1.54) is 81.1 Å². The zero-order chi connectivity index (χ0) is 69.2. The highest BCUT2D eigenvalue weighted by Crippen LogP contribution is 2.42. The summed E-state index contributed by atoms with van der Waals surface area (Å²) in [5.41, 5.74) is 4.50. The standard InChI is InChI=1S/C39H40N6O9S2.C26H24N6O6S2/c1-6-53-43-30(18-32(47)54-39(2,3)4)35(48)42-33-36(49)45-34(38(50)52-20-24-7-9-28(51-5)10-8-24)27(22-56-37(33)45)19-44-15-13-25(14-16-44)26-17-29(55-21-26)11-12-31(46)41-23-40;1-3-38-30-15(2)23(34)29-21-24(35)32-22(26(36)37)18(13-40-25(21)32)11-31-8-6-16(7-9-31)17-10-19(39-12-17)4-5-20(33)28-14-27/h7-17,21,33,37H,6,18-20,22H2,1-5H3,(H,42,48);4-10,12,21,25H,3,11,13H2,1-2H3,(H2-,28,29,33,34,36,37)/b12-11+,43-30+;5-4-,30-15?.